The van der Waals surface area contributed by atoms with E-state index >= 15 is 0 Å². The van der Waals surface area contributed by atoms with Crippen LogP contribution in [0.4, 0.5) is 8.78 Å². The molecule has 158 valence electrons. The molecule has 0 saturated heterocycles. The zero-order valence-electron chi connectivity index (χ0n) is 16.0. The third-order valence-electron chi connectivity index (χ3n) is 4.87. The van der Waals surface area contributed by atoms with Crippen molar-refractivity contribution in [2.24, 2.45) is 5.73 Å². The molecule has 0 unspecified atom stereocenters. The molecule has 4 heterocycles. The summed E-state index contributed by atoms with van der Waals surface area (Å²) in [6.45, 7) is 0. The fraction of sp³-hybridized carbons (Fsp3) is 0. The number of nitrogens with zero attached hydrogens (tertiary/aromatic N) is 4. The lowest BCUT2D eigenvalue weighted by atomic mass is 9.99. The Morgan fingerprint density at radius 3 is 2.78 bits per heavy atom. The molecule has 11 heteroatoms. The second kappa shape index (κ2) is 7.46. The molecule has 0 saturated carbocycles. The Morgan fingerprint density at radius 1 is 1.19 bits per heavy atom. The maximum absolute atomic E-state index is 14.7. The third-order valence-corrected chi connectivity index (χ3v) is 5.73. The highest BCUT2D eigenvalue weighted by atomic mass is 32.1. The number of thiazole rings is 1. The Hall–Kier alpha value is -4.25. The molecule has 1 amide bonds. The van der Waals surface area contributed by atoms with Crippen LogP contribution in [0.1, 0.15) is 26.3 Å². The first kappa shape index (κ1) is 19.7. The molecule has 5 rings (SSSR count). The Kier molecular flexibility index (Phi) is 4.59. The van der Waals surface area contributed by atoms with E-state index in [0.29, 0.717) is 27.4 Å². The first-order chi connectivity index (χ1) is 15.4. The number of ketones is 1. The summed E-state index contributed by atoms with van der Waals surface area (Å²) in [4.78, 5) is 40.1. The van der Waals surface area contributed by atoms with Gasteiger partial charge in [0, 0.05) is 46.7 Å². The lowest BCUT2D eigenvalue weighted by molar-refractivity contribution is 0.0996. The molecular formula is C21H12F2N6O2S. The predicted molar refractivity (Wildman–Crippen MR) is 113 cm³/mol. The summed E-state index contributed by atoms with van der Waals surface area (Å²) in [6.07, 6.45) is 7.91. The minimum atomic E-state index is -1.30. The molecule has 3 N–H and O–H groups in total. The SMILES string of the molecule is NC(=O)c1ccc(F)c(C(=O)c2c[nH]c3ncc(-c4csc(-n5ccnc5)n4)cc23)c1F. The van der Waals surface area contributed by atoms with Crippen molar-refractivity contribution in [3.05, 3.63) is 83.0 Å². The zero-order chi connectivity index (χ0) is 22.4. The van der Waals surface area contributed by atoms with Crippen LogP contribution in [0.2, 0.25) is 0 Å². The molecule has 0 fully saturated rings. The van der Waals surface area contributed by atoms with Crippen molar-refractivity contribution in [3.8, 4) is 16.4 Å². The van der Waals surface area contributed by atoms with Gasteiger partial charge in [-0.15, -0.1) is 11.3 Å². The van der Waals surface area contributed by atoms with E-state index in [0.717, 1.165) is 12.1 Å². The highest BCUT2D eigenvalue weighted by Gasteiger charge is 2.26. The molecule has 0 spiro atoms. The number of fused-ring (bicyclic) bond motifs is 1. The molecule has 0 bridgehead atoms. The maximum atomic E-state index is 14.7. The predicted octanol–water partition coefficient (Wildman–Crippen LogP) is 3.48. The van der Waals surface area contributed by atoms with Gasteiger partial charge in [-0.1, -0.05) is 0 Å². The van der Waals surface area contributed by atoms with Crippen molar-refractivity contribution in [2.45, 2.75) is 0 Å². The number of hydrogen-bond acceptors (Lipinski definition) is 6. The molecule has 0 aliphatic rings. The number of imidazole rings is 1. The van der Waals surface area contributed by atoms with Crippen LogP contribution in [0.15, 0.2) is 54.7 Å². The number of aromatic nitrogens is 5. The Balaban J connectivity index is 1.59. The lowest BCUT2D eigenvalue weighted by Crippen LogP contribution is -2.17. The highest BCUT2D eigenvalue weighted by Crippen LogP contribution is 2.29. The van der Waals surface area contributed by atoms with Gasteiger partial charge in [0.1, 0.15) is 23.6 Å². The van der Waals surface area contributed by atoms with Crippen molar-refractivity contribution in [1.29, 1.82) is 0 Å². The Bertz CT molecular complexity index is 1510. The van der Waals surface area contributed by atoms with Crippen LogP contribution < -0.4 is 5.73 Å². The molecule has 4 aromatic heterocycles. The van der Waals surface area contributed by atoms with Crippen LogP contribution in [0.25, 0.3) is 27.4 Å². The molecule has 1 aromatic carbocycles. The standard InChI is InChI=1S/C21H12F2N6O2S/c22-14-2-1-11(19(24)31)17(23)16(14)18(30)13-7-27-20-12(13)5-10(6-26-20)15-8-32-21(28-15)29-4-3-25-9-29/h1-9H,(H2,24,31)(H,26,27). The maximum Gasteiger partial charge on any atom is 0.251 e. The first-order valence-corrected chi connectivity index (χ1v) is 10.1. The lowest BCUT2D eigenvalue weighted by Gasteiger charge is -2.07. The van der Waals surface area contributed by atoms with Crippen molar-refractivity contribution < 1.29 is 18.4 Å². The number of nitrogens with two attached hydrogens (primary N) is 1. The van der Waals surface area contributed by atoms with Gasteiger partial charge in [-0.3, -0.25) is 14.2 Å². The summed E-state index contributed by atoms with van der Waals surface area (Å²) in [5.74, 6) is -4.44. The van der Waals surface area contributed by atoms with E-state index in [-0.39, 0.29) is 5.56 Å². The summed E-state index contributed by atoms with van der Waals surface area (Å²) in [5, 5.41) is 2.87. The summed E-state index contributed by atoms with van der Waals surface area (Å²) >= 11 is 1.39. The van der Waals surface area contributed by atoms with E-state index in [4.69, 9.17) is 5.73 Å². The van der Waals surface area contributed by atoms with E-state index in [1.807, 2.05) is 5.38 Å². The van der Waals surface area contributed by atoms with E-state index in [1.165, 1.54) is 17.5 Å². The topological polar surface area (TPSA) is 120 Å². The fourth-order valence-electron chi connectivity index (χ4n) is 3.30. The van der Waals surface area contributed by atoms with Gasteiger partial charge in [0.05, 0.1) is 16.8 Å². The average molecular weight is 450 g/mol. The van der Waals surface area contributed by atoms with Crippen molar-refractivity contribution in [3.63, 3.8) is 0 Å². The van der Waals surface area contributed by atoms with Crippen molar-refractivity contribution in [1.82, 2.24) is 24.5 Å². The molecule has 0 atom stereocenters. The van der Waals surface area contributed by atoms with E-state index in [9.17, 15) is 18.4 Å². The molecular weight excluding hydrogens is 438 g/mol. The van der Waals surface area contributed by atoms with Gasteiger partial charge in [-0.25, -0.2) is 23.7 Å². The number of rotatable bonds is 5. The highest BCUT2D eigenvalue weighted by molar-refractivity contribution is 7.12. The van der Waals surface area contributed by atoms with E-state index in [1.54, 1.807) is 35.6 Å². The number of halogens is 2. The Labute approximate surface area is 182 Å². The molecule has 0 aliphatic heterocycles. The molecule has 0 radical (unpaired) electrons. The number of amides is 1. The van der Waals surface area contributed by atoms with Gasteiger partial charge in [0.15, 0.2) is 5.13 Å². The van der Waals surface area contributed by atoms with E-state index in [2.05, 4.69) is 19.9 Å². The number of benzene rings is 1. The minimum Gasteiger partial charge on any atom is -0.366 e. The number of aromatic amines is 1. The summed E-state index contributed by atoms with van der Waals surface area (Å²) in [5.41, 5.74) is 5.28. The van der Waals surface area contributed by atoms with Crippen molar-refractivity contribution >= 4 is 34.1 Å². The normalized spacial score (nSPS) is 11.2. The second-order valence-electron chi connectivity index (χ2n) is 6.79. The number of carbonyl (C=O) groups excluding carboxylic acids is 2. The Morgan fingerprint density at radius 2 is 2.03 bits per heavy atom. The largest absolute Gasteiger partial charge is 0.366 e. The number of nitrogens with one attached hydrogen (secondary N) is 1. The fourth-order valence-corrected chi connectivity index (χ4v) is 4.09. The van der Waals surface area contributed by atoms with Gasteiger partial charge in [-0.05, 0) is 18.2 Å². The molecule has 8 nitrogen and oxygen atoms in total. The summed E-state index contributed by atoms with van der Waals surface area (Å²) in [7, 11) is 0. The number of primary amides is 1. The van der Waals surface area contributed by atoms with Gasteiger partial charge >= 0.3 is 0 Å². The van der Waals surface area contributed by atoms with Crippen LogP contribution in [0.3, 0.4) is 0 Å². The van der Waals surface area contributed by atoms with Crippen LogP contribution in [-0.2, 0) is 0 Å². The second-order valence-corrected chi connectivity index (χ2v) is 7.62. The third kappa shape index (κ3) is 3.15. The number of hydrogen-bond donors (Lipinski definition) is 2. The van der Waals surface area contributed by atoms with Crippen LogP contribution in [-0.4, -0.2) is 36.2 Å². The summed E-state index contributed by atoms with van der Waals surface area (Å²) in [6, 6.07) is 3.40. The van der Waals surface area contributed by atoms with E-state index < -0.39 is 34.5 Å². The molecule has 32 heavy (non-hydrogen) atoms. The van der Waals surface area contributed by atoms with Crippen LogP contribution in [0.5, 0.6) is 0 Å². The quantitative estimate of drug-likeness (QED) is 0.397. The number of H-pyrrole nitrogens is 1. The number of carbonyl (C=O) groups is 2. The first-order valence-electron chi connectivity index (χ1n) is 9.18. The van der Waals surface area contributed by atoms with Gasteiger partial charge in [0.2, 0.25) is 5.78 Å². The monoisotopic (exact) mass is 450 g/mol. The smallest absolute Gasteiger partial charge is 0.251 e. The van der Waals surface area contributed by atoms with Gasteiger partial charge in [0.25, 0.3) is 5.91 Å². The van der Waals surface area contributed by atoms with Gasteiger partial charge in [-0.2, -0.15) is 0 Å². The molecule has 0 aliphatic carbocycles. The average Bonchev–Trinajstić information content (AvgIpc) is 3.52. The minimum absolute atomic E-state index is 0.00108. The van der Waals surface area contributed by atoms with Crippen molar-refractivity contribution in [2.75, 3.05) is 0 Å². The summed E-state index contributed by atoms with van der Waals surface area (Å²) < 4.78 is 30.8. The zero-order valence-corrected chi connectivity index (χ0v) is 16.9. The van der Waals surface area contributed by atoms with Gasteiger partial charge < -0.3 is 10.7 Å². The van der Waals surface area contributed by atoms with Crippen LogP contribution >= 0.6 is 11.3 Å². The molecule has 5 aromatic rings. The van der Waals surface area contributed by atoms with Crippen LogP contribution in [0, 0.1) is 11.6 Å². The number of pyridine rings is 1.